The molecule has 0 amide bonds. The predicted molar refractivity (Wildman–Crippen MR) is 83.9 cm³/mol. The Kier molecular flexibility index (Phi) is 5.08. The molecule has 0 unspecified atom stereocenters. The van der Waals surface area contributed by atoms with Gasteiger partial charge in [0.25, 0.3) is 5.95 Å². The standard InChI is InChI=1S/C14H23N7/c1-5-11(6-2)20(4)13-17-12(15-7-3)18-14(19-13)21-10-8-9-16-21/h8-11H,5-7H2,1-4H3,(H,15,17,18,19). The molecule has 114 valence electrons. The van der Waals surface area contributed by atoms with Crippen LogP contribution in [0.15, 0.2) is 18.5 Å². The Balaban J connectivity index is 2.40. The molecule has 2 aromatic heterocycles. The van der Waals surface area contributed by atoms with Gasteiger partial charge in [-0.1, -0.05) is 13.8 Å². The van der Waals surface area contributed by atoms with E-state index in [0.29, 0.717) is 23.9 Å². The Morgan fingerprint density at radius 3 is 2.52 bits per heavy atom. The van der Waals surface area contributed by atoms with Crippen LogP contribution >= 0.6 is 0 Å². The van der Waals surface area contributed by atoms with Gasteiger partial charge < -0.3 is 10.2 Å². The van der Waals surface area contributed by atoms with Crippen molar-refractivity contribution < 1.29 is 0 Å². The molecule has 0 aliphatic heterocycles. The molecule has 0 fully saturated rings. The molecule has 7 nitrogen and oxygen atoms in total. The molecular formula is C14H23N7. The summed E-state index contributed by atoms with van der Waals surface area (Å²) in [4.78, 5) is 15.5. The van der Waals surface area contributed by atoms with Gasteiger partial charge in [0, 0.05) is 32.0 Å². The number of nitrogens with zero attached hydrogens (tertiary/aromatic N) is 6. The topological polar surface area (TPSA) is 71.8 Å². The lowest BCUT2D eigenvalue weighted by molar-refractivity contribution is 0.578. The van der Waals surface area contributed by atoms with Crippen molar-refractivity contribution in [2.75, 3.05) is 23.8 Å². The van der Waals surface area contributed by atoms with E-state index in [9.17, 15) is 0 Å². The highest BCUT2D eigenvalue weighted by Gasteiger charge is 2.17. The van der Waals surface area contributed by atoms with Crippen LogP contribution in [0.4, 0.5) is 11.9 Å². The SMILES string of the molecule is CCNc1nc(N(C)C(CC)CC)nc(-n2cccn2)n1. The smallest absolute Gasteiger partial charge is 0.257 e. The van der Waals surface area contributed by atoms with Gasteiger partial charge >= 0.3 is 0 Å². The molecule has 0 spiro atoms. The minimum absolute atomic E-state index is 0.410. The van der Waals surface area contributed by atoms with E-state index in [0.717, 1.165) is 19.4 Å². The molecule has 2 aromatic rings. The van der Waals surface area contributed by atoms with Gasteiger partial charge in [-0.05, 0) is 25.8 Å². The molecule has 1 N–H and O–H groups in total. The van der Waals surface area contributed by atoms with Crippen LogP contribution < -0.4 is 10.2 Å². The summed E-state index contributed by atoms with van der Waals surface area (Å²) in [5.74, 6) is 1.77. The van der Waals surface area contributed by atoms with Gasteiger partial charge in [-0.3, -0.25) is 0 Å². The highest BCUT2D eigenvalue weighted by Crippen LogP contribution is 2.17. The van der Waals surface area contributed by atoms with Gasteiger partial charge in [-0.2, -0.15) is 20.1 Å². The Hall–Kier alpha value is -2.18. The van der Waals surface area contributed by atoms with Crippen LogP contribution in [0.25, 0.3) is 5.95 Å². The number of anilines is 2. The normalized spacial score (nSPS) is 10.9. The first-order valence-corrected chi connectivity index (χ1v) is 7.42. The van der Waals surface area contributed by atoms with Gasteiger partial charge in [0.05, 0.1) is 0 Å². The van der Waals surface area contributed by atoms with Crippen molar-refractivity contribution in [3.05, 3.63) is 18.5 Å². The van der Waals surface area contributed by atoms with Crippen LogP contribution in [-0.4, -0.2) is 44.4 Å². The van der Waals surface area contributed by atoms with Crippen molar-refractivity contribution in [2.24, 2.45) is 0 Å². The summed E-state index contributed by atoms with van der Waals surface area (Å²) in [7, 11) is 2.02. The molecule has 0 radical (unpaired) electrons. The van der Waals surface area contributed by atoms with Gasteiger partial charge in [0.1, 0.15) is 0 Å². The van der Waals surface area contributed by atoms with Crippen molar-refractivity contribution in [2.45, 2.75) is 39.7 Å². The first-order chi connectivity index (χ1) is 10.2. The van der Waals surface area contributed by atoms with Gasteiger partial charge in [0.15, 0.2) is 0 Å². The second-order valence-corrected chi connectivity index (χ2v) is 4.82. The van der Waals surface area contributed by atoms with Crippen LogP contribution in [0, 0.1) is 0 Å². The van der Waals surface area contributed by atoms with Gasteiger partial charge in [0.2, 0.25) is 11.9 Å². The van der Waals surface area contributed by atoms with Crippen LogP contribution in [0.5, 0.6) is 0 Å². The summed E-state index contributed by atoms with van der Waals surface area (Å²) in [5.41, 5.74) is 0. The second-order valence-electron chi connectivity index (χ2n) is 4.82. The first kappa shape index (κ1) is 15.2. The summed E-state index contributed by atoms with van der Waals surface area (Å²) in [5, 5.41) is 7.34. The van der Waals surface area contributed by atoms with E-state index in [2.05, 4.69) is 44.1 Å². The molecule has 0 saturated carbocycles. The predicted octanol–water partition coefficient (Wildman–Crippen LogP) is 2.11. The average Bonchev–Trinajstić information content (AvgIpc) is 3.02. The summed E-state index contributed by atoms with van der Waals surface area (Å²) >= 11 is 0. The quantitative estimate of drug-likeness (QED) is 0.841. The minimum atomic E-state index is 0.410. The fourth-order valence-electron chi connectivity index (χ4n) is 2.24. The summed E-state index contributed by atoms with van der Waals surface area (Å²) < 4.78 is 1.65. The maximum atomic E-state index is 4.54. The number of aromatic nitrogens is 5. The molecule has 0 saturated heterocycles. The van der Waals surface area contributed by atoms with Crippen molar-refractivity contribution >= 4 is 11.9 Å². The third-order valence-corrected chi connectivity index (χ3v) is 3.46. The molecule has 0 atom stereocenters. The molecule has 2 rings (SSSR count). The minimum Gasteiger partial charge on any atom is -0.354 e. The lowest BCUT2D eigenvalue weighted by Crippen LogP contribution is -2.32. The molecule has 0 aliphatic carbocycles. The maximum absolute atomic E-state index is 4.54. The van der Waals surface area contributed by atoms with E-state index in [1.54, 1.807) is 10.9 Å². The van der Waals surface area contributed by atoms with E-state index in [1.165, 1.54) is 0 Å². The van der Waals surface area contributed by atoms with Crippen LogP contribution in [0.3, 0.4) is 0 Å². The number of rotatable bonds is 7. The largest absolute Gasteiger partial charge is 0.354 e. The Morgan fingerprint density at radius 2 is 1.95 bits per heavy atom. The third-order valence-electron chi connectivity index (χ3n) is 3.46. The molecule has 0 aliphatic rings. The molecule has 0 bridgehead atoms. The highest BCUT2D eigenvalue weighted by molar-refractivity contribution is 5.40. The molecule has 0 aromatic carbocycles. The second kappa shape index (κ2) is 7.01. The van der Waals surface area contributed by atoms with E-state index < -0.39 is 0 Å². The van der Waals surface area contributed by atoms with Crippen LogP contribution in [-0.2, 0) is 0 Å². The lowest BCUT2D eigenvalue weighted by atomic mass is 10.1. The number of hydrogen-bond donors (Lipinski definition) is 1. The summed E-state index contributed by atoms with van der Waals surface area (Å²) in [6.45, 7) is 7.12. The molecule has 21 heavy (non-hydrogen) atoms. The van der Waals surface area contributed by atoms with E-state index >= 15 is 0 Å². The van der Waals surface area contributed by atoms with Gasteiger partial charge in [-0.25, -0.2) is 4.68 Å². The molecule has 2 heterocycles. The van der Waals surface area contributed by atoms with Gasteiger partial charge in [-0.15, -0.1) is 0 Å². The fraction of sp³-hybridized carbons (Fsp3) is 0.571. The Morgan fingerprint density at radius 1 is 1.19 bits per heavy atom. The maximum Gasteiger partial charge on any atom is 0.257 e. The third kappa shape index (κ3) is 3.48. The fourth-order valence-corrected chi connectivity index (χ4v) is 2.24. The average molecular weight is 289 g/mol. The highest BCUT2D eigenvalue weighted by atomic mass is 15.4. The van der Waals surface area contributed by atoms with Crippen molar-refractivity contribution in [3.8, 4) is 5.95 Å². The zero-order valence-corrected chi connectivity index (χ0v) is 13.1. The summed E-state index contributed by atoms with van der Waals surface area (Å²) in [6.07, 6.45) is 5.63. The zero-order chi connectivity index (χ0) is 15.2. The van der Waals surface area contributed by atoms with E-state index in [1.807, 2.05) is 26.2 Å². The van der Waals surface area contributed by atoms with Crippen molar-refractivity contribution in [1.29, 1.82) is 0 Å². The van der Waals surface area contributed by atoms with Crippen molar-refractivity contribution in [1.82, 2.24) is 24.7 Å². The number of nitrogens with one attached hydrogen (secondary N) is 1. The lowest BCUT2D eigenvalue weighted by Gasteiger charge is -2.26. The van der Waals surface area contributed by atoms with E-state index in [4.69, 9.17) is 0 Å². The van der Waals surface area contributed by atoms with E-state index in [-0.39, 0.29) is 0 Å². The number of hydrogen-bond acceptors (Lipinski definition) is 6. The zero-order valence-electron chi connectivity index (χ0n) is 13.1. The Labute approximate surface area is 125 Å². The summed E-state index contributed by atoms with van der Waals surface area (Å²) in [6, 6.07) is 2.26. The van der Waals surface area contributed by atoms with Crippen molar-refractivity contribution in [3.63, 3.8) is 0 Å². The molecular weight excluding hydrogens is 266 g/mol. The monoisotopic (exact) mass is 289 g/mol. The first-order valence-electron chi connectivity index (χ1n) is 7.42. The van der Waals surface area contributed by atoms with Crippen LogP contribution in [0.1, 0.15) is 33.6 Å². The molecule has 7 heteroatoms. The van der Waals surface area contributed by atoms with Crippen LogP contribution in [0.2, 0.25) is 0 Å². The Bertz CT molecular complexity index is 548.